The highest BCUT2D eigenvalue weighted by Crippen LogP contribution is 2.32. The zero-order valence-electron chi connectivity index (χ0n) is 16.4. The first kappa shape index (κ1) is 18.9. The molecule has 1 N–H and O–H groups in total. The van der Waals surface area contributed by atoms with Gasteiger partial charge in [-0.05, 0) is 30.3 Å². The Labute approximate surface area is 179 Å². The molecule has 0 aliphatic heterocycles. The van der Waals surface area contributed by atoms with Crippen molar-refractivity contribution < 1.29 is 8.42 Å². The second-order valence-electron chi connectivity index (χ2n) is 7.13. The van der Waals surface area contributed by atoms with Crippen LogP contribution < -0.4 is 0 Å². The van der Waals surface area contributed by atoms with Gasteiger partial charge in [-0.2, -0.15) is 5.26 Å². The number of allylic oxidation sites excluding steroid dienone is 1. The molecule has 0 aliphatic rings. The third-order valence-corrected chi connectivity index (χ3v) is 7.00. The average Bonchev–Trinajstić information content (AvgIpc) is 3.40. The largest absolute Gasteiger partial charge is 0.361 e. The summed E-state index contributed by atoms with van der Waals surface area (Å²) >= 11 is 0. The molecule has 3 aromatic carbocycles. The van der Waals surface area contributed by atoms with E-state index in [1.54, 1.807) is 48.5 Å². The Kier molecular flexibility index (Phi) is 4.46. The zero-order valence-corrected chi connectivity index (χ0v) is 17.2. The summed E-state index contributed by atoms with van der Waals surface area (Å²) in [5, 5.41) is 11.7. The van der Waals surface area contributed by atoms with Crippen molar-refractivity contribution in [3.63, 3.8) is 0 Å². The lowest BCUT2D eigenvalue weighted by atomic mass is 10.0. The molecule has 5 rings (SSSR count). The molecule has 2 heterocycles. The van der Waals surface area contributed by atoms with E-state index in [1.165, 1.54) is 10.2 Å². The monoisotopic (exact) mass is 423 g/mol. The number of nitriles is 1. The molecule has 0 bridgehead atoms. The normalized spacial score (nSPS) is 12.3. The second kappa shape index (κ2) is 7.31. The minimum atomic E-state index is -3.81. The van der Waals surface area contributed by atoms with Gasteiger partial charge >= 0.3 is 0 Å². The van der Waals surface area contributed by atoms with Crippen LogP contribution in [0.1, 0.15) is 11.1 Å². The topological polar surface area (TPSA) is 78.7 Å². The molecule has 5 aromatic rings. The van der Waals surface area contributed by atoms with E-state index in [0.717, 1.165) is 16.5 Å². The van der Waals surface area contributed by atoms with E-state index in [2.05, 4.69) is 11.1 Å². The summed E-state index contributed by atoms with van der Waals surface area (Å²) in [6, 6.07) is 25.6. The molecule has 5 nitrogen and oxygen atoms in total. The first-order chi connectivity index (χ1) is 15.1. The number of aromatic amines is 1. The van der Waals surface area contributed by atoms with Gasteiger partial charge in [0, 0.05) is 39.8 Å². The maximum atomic E-state index is 13.3. The van der Waals surface area contributed by atoms with Crippen LogP contribution in [-0.4, -0.2) is 17.4 Å². The van der Waals surface area contributed by atoms with Crippen LogP contribution in [0.4, 0.5) is 0 Å². The number of nitrogens with zero attached hydrogens (tertiary/aromatic N) is 2. The fraction of sp³-hybridized carbons (Fsp3) is 0. The molecular formula is C25H17N3O2S. The van der Waals surface area contributed by atoms with Crippen molar-refractivity contribution in [3.05, 3.63) is 102 Å². The van der Waals surface area contributed by atoms with Crippen LogP contribution in [0.3, 0.4) is 0 Å². The van der Waals surface area contributed by atoms with Gasteiger partial charge in [0.2, 0.25) is 0 Å². The molecule has 150 valence electrons. The van der Waals surface area contributed by atoms with Gasteiger partial charge in [0.15, 0.2) is 0 Å². The standard InChI is InChI=1S/C25H17N3O2S/c26-15-18(14-19-16-27-24-12-6-4-10-21(19)24)23-17-28(25-13-7-5-11-22(23)25)31(29,30)20-8-2-1-3-9-20/h1-14,16-17,27H/b18-14+. The molecule has 0 saturated carbocycles. The van der Waals surface area contributed by atoms with Gasteiger partial charge in [0.05, 0.1) is 22.1 Å². The lowest BCUT2D eigenvalue weighted by Crippen LogP contribution is -2.11. The van der Waals surface area contributed by atoms with Crippen molar-refractivity contribution >= 4 is 43.5 Å². The van der Waals surface area contributed by atoms with Crippen molar-refractivity contribution in [2.45, 2.75) is 4.90 Å². The van der Waals surface area contributed by atoms with Crippen molar-refractivity contribution in [2.75, 3.05) is 0 Å². The number of fused-ring (bicyclic) bond motifs is 2. The van der Waals surface area contributed by atoms with E-state index in [-0.39, 0.29) is 4.90 Å². The Bertz CT molecular complexity index is 1600. The predicted molar refractivity (Wildman–Crippen MR) is 123 cm³/mol. The van der Waals surface area contributed by atoms with Gasteiger partial charge in [0.25, 0.3) is 10.0 Å². The minimum Gasteiger partial charge on any atom is -0.361 e. The molecule has 2 aromatic heterocycles. The number of aromatic nitrogens is 2. The summed E-state index contributed by atoms with van der Waals surface area (Å²) in [6.07, 6.45) is 5.18. The van der Waals surface area contributed by atoms with Crippen LogP contribution in [0.2, 0.25) is 0 Å². The van der Waals surface area contributed by atoms with Gasteiger partial charge in [-0.1, -0.05) is 54.6 Å². The molecule has 0 saturated heterocycles. The number of rotatable bonds is 4. The highest BCUT2D eigenvalue weighted by molar-refractivity contribution is 7.90. The van der Waals surface area contributed by atoms with E-state index in [9.17, 15) is 13.7 Å². The van der Waals surface area contributed by atoms with E-state index >= 15 is 0 Å². The first-order valence-electron chi connectivity index (χ1n) is 9.68. The summed E-state index contributed by atoms with van der Waals surface area (Å²) in [4.78, 5) is 3.40. The third kappa shape index (κ3) is 3.12. The van der Waals surface area contributed by atoms with E-state index < -0.39 is 10.0 Å². The van der Waals surface area contributed by atoms with Crippen LogP contribution in [-0.2, 0) is 10.0 Å². The molecule has 31 heavy (non-hydrogen) atoms. The first-order valence-corrected chi connectivity index (χ1v) is 11.1. The van der Waals surface area contributed by atoms with Crippen molar-refractivity contribution in [2.24, 2.45) is 0 Å². The Morgan fingerprint density at radius 1 is 0.903 bits per heavy atom. The summed E-state index contributed by atoms with van der Waals surface area (Å²) in [7, 11) is -3.81. The van der Waals surface area contributed by atoms with Crippen LogP contribution in [0, 0.1) is 11.3 Å². The lowest BCUT2D eigenvalue weighted by molar-refractivity contribution is 0.589. The van der Waals surface area contributed by atoms with Gasteiger partial charge in [-0.15, -0.1) is 0 Å². The highest BCUT2D eigenvalue weighted by Gasteiger charge is 2.22. The second-order valence-corrected chi connectivity index (χ2v) is 8.95. The van der Waals surface area contributed by atoms with Crippen molar-refractivity contribution in [1.82, 2.24) is 8.96 Å². The molecule has 0 aliphatic carbocycles. The van der Waals surface area contributed by atoms with Crippen LogP contribution in [0.5, 0.6) is 0 Å². The molecule has 0 amide bonds. The average molecular weight is 423 g/mol. The number of hydrogen-bond acceptors (Lipinski definition) is 3. The van der Waals surface area contributed by atoms with Gasteiger partial charge < -0.3 is 4.98 Å². The molecule has 0 fully saturated rings. The molecule has 0 spiro atoms. The van der Waals surface area contributed by atoms with Crippen LogP contribution in [0.15, 0.2) is 96.2 Å². The molecule has 6 heteroatoms. The van der Waals surface area contributed by atoms with Crippen LogP contribution >= 0.6 is 0 Å². The van der Waals surface area contributed by atoms with E-state index in [4.69, 9.17) is 0 Å². The van der Waals surface area contributed by atoms with E-state index in [0.29, 0.717) is 22.0 Å². The summed E-state index contributed by atoms with van der Waals surface area (Å²) in [5.41, 5.74) is 3.34. The molecule has 0 unspecified atom stereocenters. The SMILES string of the molecule is N#C/C(=C\c1c[nH]c2ccccc12)c1cn(S(=O)(=O)c2ccccc2)c2ccccc12. The Morgan fingerprint density at radius 3 is 2.35 bits per heavy atom. The minimum absolute atomic E-state index is 0.196. The van der Waals surface area contributed by atoms with Gasteiger partial charge in [-0.25, -0.2) is 12.4 Å². The summed E-state index contributed by atoms with van der Waals surface area (Å²) in [6.45, 7) is 0. The Balaban J connectivity index is 1.73. The van der Waals surface area contributed by atoms with Crippen LogP contribution in [0.25, 0.3) is 33.5 Å². The van der Waals surface area contributed by atoms with Gasteiger partial charge in [-0.3, -0.25) is 0 Å². The molecular weight excluding hydrogens is 406 g/mol. The smallest absolute Gasteiger partial charge is 0.268 e. The zero-order chi connectivity index (χ0) is 21.4. The molecule has 0 atom stereocenters. The molecule has 0 radical (unpaired) electrons. The Morgan fingerprint density at radius 2 is 1.58 bits per heavy atom. The number of benzene rings is 3. The number of para-hydroxylation sites is 2. The Hall–Kier alpha value is -4.08. The highest BCUT2D eigenvalue weighted by atomic mass is 32.2. The van der Waals surface area contributed by atoms with Crippen molar-refractivity contribution in [1.29, 1.82) is 5.26 Å². The third-order valence-electron chi connectivity index (χ3n) is 5.31. The van der Waals surface area contributed by atoms with E-state index in [1.807, 2.05) is 42.6 Å². The predicted octanol–water partition coefficient (Wildman–Crippen LogP) is 5.42. The quantitative estimate of drug-likeness (QED) is 0.392. The van der Waals surface area contributed by atoms with Crippen molar-refractivity contribution in [3.8, 4) is 6.07 Å². The van der Waals surface area contributed by atoms with Gasteiger partial charge in [0.1, 0.15) is 0 Å². The fourth-order valence-corrected chi connectivity index (χ4v) is 5.20. The number of nitrogens with one attached hydrogen (secondary N) is 1. The number of H-pyrrole nitrogens is 1. The maximum absolute atomic E-state index is 13.3. The number of hydrogen-bond donors (Lipinski definition) is 1. The fourth-order valence-electron chi connectivity index (χ4n) is 3.81. The maximum Gasteiger partial charge on any atom is 0.268 e. The summed E-state index contributed by atoms with van der Waals surface area (Å²) in [5.74, 6) is 0. The lowest BCUT2D eigenvalue weighted by Gasteiger charge is -2.07. The summed E-state index contributed by atoms with van der Waals surface area (Å²) < 4.78 is 27.9.